The van der Waals surface area contributed by atoms with E-state index in [1.54, 1.807) is 42.5 Å². The molecule has 0 saturated carbocycles. The Morgan fingerprint density at radius 3 is 2.22 bits per heavy atom. The molecule has 0 spiro atoms. The van der Waals surface area contributed by atoms with Crippen molar-refractivity contribution in [3.63, 3.8) is 0 Å². The van der Waals surface area contributed by atoms with Crippen LogP contribution < -0.4 is 9.73 Å². The van der Waals surface area contributed by atoms with Gasteiger partial charge in [0.25, 0.3) is 15.9 Å². The van der Waals surface area contributed by atoms with Crippen LogP contribution in [-0.4, -0.2) is 27.1 Å². The van der Waals surface area contributed by atoms with Crippen LogP contribution >= 0.6 is 22.6 Å². The highest BCUT2D eigenvalue weighted by Gasteiger charge is 2.27. The Hall–Kier alpha value is -2.72. The summed E-state index contributed by atoms with van der Waals surface area (Å²) in [4.78, 5) is 12.7. The molecule has 3 rings (SSSR count). The first kappa shape index (κ1) is 23.9. The van der Waals surface area contributed by atoms with E-state index in [2.05, 4.69) is 47.0 Å². The molecule has 0 saturated heterocycles. The van der Waals surface area contributed by atoms with Gasteiger partial charge in [-0.25, -0.2) is 13.8 Å². The van der Waals surface area contributed by atoms with E-state index in [9.17, 15) is 13.2 Å². The number of hydrazone groups is 1. The predicted molar refractivity (Wildman–Crippen MR) is 136 cm³/mol. The molecule has 0 heterocycles. The summed E-state index contributed by atoms with van der Waals surface area (Å²) >= 11 is 2.14. The topological polar surface area (TPSA) is 78.8 Å². The van der Waals surface area contributed by atoms with Gasteiger partial charge in [-0.15, -0.1) is 0 Å². The zero-order chi connectivity index (χ0) is 23.1. The highest BCUT2D eigenvalue weighted by Crippen LogP contribution is 2.24. The van der Waals surface area contributed by atoms with E-state index in [1.165, 1.54) is 23.9 Å². The Bertz CT molecular complexity index is 1180. The smallest absolute Gasteiger partial charge is 0.264 e. The van der Waals surface area contributed by atoms with E-state index in [-0.39, 0.29) is 4.90 Å². The first-order valence-electron chi connectivity index (χ1n) is 10.0. The normalized spacial score (nSPS) is 11.6. The lowest BCUT2D eigenvalue weighted by Gasteiger charge is -2.23. The minimum Gasteiger partial charge on any atom is -0.271 e. The van der Waals surface area contributed by atoms with Crippen molar-refractivity contribution in [3.8, 4) is 0 Å². The van der Waals surface area contributed by atoms with Gasteiger partial charge in [-0.2, -0.15) is 5.10 Å². The van der Waals surface area contributed by atoms with E-state index in [4.69, 9.17) is 0 Å². The summed E-state index contributed by atoms with van der Waals surface area (Å²) in [5.41, 5.74) is 4.87. The number of carbonyl (C=O) groups excluding carboxylic acids is 1. The molecule has 0 bridgehead atoms. The molecule has 6 nitrogen and oxygen atoms in total. The molecule has 8 heteroatoms. The number of nitrogens with zero attached hydrogens (tertiary/aromatic N) is 2. The third kappa shape index (κ3) is 6.17. The monoisotopic (exact) mass is 561 g/mol. The van der Waals surface area contributed by atoms with Crippen LogP contribution in [0.2, 0.25) is 0 Å². The molecule has 3 aromatic carbocycles. The molecule has 0 fully saturated rings. The zero-order valence-electron chi connectivity index (χ0n) is 17.8. The fraction of sp³-hybridized carbons (Fsp3) is 0.167. The number of hydrogen-bond donors (Lipinski definition) is 1. The zero-order valence-corrected chi connectivity index (χ0v) is 20.7. The number of nitrogens with one attached hydrogen (secondary N) is 1. The summed E-state index contributed by atoms with van der Waals surface area (Å²) in [6, 6.07) is 22.8. The van der Waals surface area contributed by atoms with Crippen molar-refractivity contribution >= 4 is 50.4 Å². The maximum atomic E-state index is 13.2. The number of anilines is 1. The molecule has 0 aliphatic rings. The second-order valence-electron chi connectivity index (χ2n) is 7.42. The van der Waals surface area contributed by atoms with Crippen LogP contribution in [0.4, 0.5) is 5.69 Å². The van der Waals surface area contributed by atoms with E-state index in [0.717, 1.165) is 13.4 Å². The Morgan fingerprint density at radius 1 is 1.00 bits per heavy atom. The van der Waals surface area contributed by atoms with Crippen molar-refractivity contribution in [2.45, 2.75) is 24.7 Å². The van der Waals surface area contributed by atoms with Gasteiger partial charge in [0.2, 0.25) is 0 Å². The second-order valence-corrected chi connectivity index (χ2v) is 10.5. The van der Waals surface area contributed by atoms with Crippen LogP contribution in [0.5, 0.6) is 0 Å². The number of amides is 1. The van der Waals surface area contributed by atoms with Crippen LogP contribution in [-0.2, 0) is 14.8 Å². The maximum Gasteiger partial charge on any atom is 0.264 e. The number of carbonyl (C=O) groups is 1. The molecular weight excluding hydrogens is 537 g/mol. The van der Waals surface area contributed by atoms with E-state index in [1.807, 2.05) is 24.3 Å². The molecule has 166 valence electrons. The molecule has 1 N–H and O–H groups in total. The fourth-order valence-electron chi connectivity index (χ4n) is 2.95. The molecule has 1 amide bonds. The first-order chi connectivity index (χ1) is 15.3. The van der Waals surface area contributed by atoms with Gasteiger partial charge in [0.15, 0.2) is 0 Å². The van der Waals surface area contributed by atoms with Crippen molar-refractivity contribution < 1.29 is 13.2 Å². The van der Waals surface area contributed by atoms with Gasteiger partial charge in [-0.05, 0) is 76.0 Å². The molecular formula is C24H24IN3O3S. The van der Waals surface area contributed by atoms with Crippen molar-refractivity contribution in [3.05, 3.63) is 93.6 Å². The van der Waals surface area contributed by atoms with Gasteiger partial charge in [0.1, 0.15) is 6.54 Å². The number of halogens is 1. The number of sulfonamides is 1. The summed E-state index contributed by atoms with van der Waals surface area (Å²) in [7, 11) is -3.93. The predicted octanol–water partition coefficient (Wildman–Crippen LogP) is 4.76. The van der Waals surface area contributed by atoms with E-state index < -0.39 is 22.5 Å². The third-order valence-corrected chi connectivity index (χ3v) is 7.25. The lowest BCUT2D eigenvalue weighted by atomic mass is 10.0. The highest BCUT2D eigenvalue weighted by atomic mass is 127. The van der Waals surface area contributed by atoms with Gasteiger partial charge < -0.3 is 0 Å². The lowest BCUT2D eigenvalue weighted by molar-refractivity contribution is -0.119. The summed E-state index contributed by atoms with van der Waals surface area (Å²) in [6.07, 6.45) is 1.53. The average molecular weight is 561 g/mol. The van der Waals surface area contributed by atoms with Crippen LogP contribution in [0.25, 0.3) is 0 Å². The molecule has 0 aliphatic heterocycles. The van der Waals surface area contributed by atoms with Gasteiger partial charge in [-0.1, -0.05) is 56.3 Å². The lowest BCUT2D eigenvalue weighted by Crippen LogP contribution is -2.39. The molecule has 0 atom stereocenters. The van der Waals surface area contributed by atoms with Gasteiger partial charge in [-0.3, -0.25) is 9.10 Å². The van der Waals surface area contributed by atoms with E-state index >= 15 is 0 Å². The summed E-state index contributed by atoms with van der Waals surface area (Å²) < 4.78 is 28.5. The van der Waals surface area contributed by atoms with Gasteiger partial charge in [0, 0.05) is 3.57 Å². The SMILES string of the molecule is CC(C)c1ccc(/C=N\NC(=O)CN(c2ccc(I)cc2)S(=O)(=O)c2ccccc2)cc1. The quantitative estimate of drug-likeness (QED) is 0.245. The number of benzene rings is 3. The first-order valence-corrected chi connectivity index (χ1v) is 12.5. The van der Waals surface area contributed by atoms with Gasteiger partial charge in [0.05, 0.1) is 16.8 Å². The van der Waals surface area contributed by atoms with Crippen molar-refractivity contribution in [1.82, 2.24) is 5.43 Å². The molecule has 0 radical (unpaired) electrons. The third-order valence-electron chi connectivity index (χ3n) is 4.74. The molecule has 32 heavy (non-hydrogen) atoms. The van der Waals surface area contributed by atoms with Crippen LogP contribution in [0.15, 0.2) is 88.9 Å². The molecule has 3 aromatic rings. The van der Waals surface area contributed by atoms with Crippen LogP contribution in [0.3, 0.4) is 0 Å². The minimum absolute atomic E-state index is 0.111. The standard InChI is InChI=1S/C24H24IN3O3S/c1-18(2)20-10-8-19(9-11-20)16-26-27-24(29)17-28(22-14-12-21(25)13-15-22)32(30,31)23-6-4-3-5-7-23/h3-16,18H,17H2,1-2H3,(H,27,29)/b26-16-. The number of hydrogen-bond acceptors (Lipinski definition) is 4. The Morgan fingerprint density at radius 2 is 1.62 bits per heavy atom. The largest absolute Gasteiger partial charge is 0.271 e. The van der Waals surface area contributed by atoms with Crippen molar-refractivity contribution in [2.75, 3.05) is 10.8 Å². The van der Waals surface area contributed by atoms with Crippen LogP contribution in [0, 0.1) is 3.57 Å². The maximum absolute atomic E-state index is 13.2. The Kier molecular flexibility index (Phi) is 8.03. The molecule has 0 aliphatic carbocycles. The highest BCUT2D eigenvalue weighted by molar-refractivity contribution is 14.1. The molecule has 0 aromatic heterocycles. The average Bonchev–Trinajstić information content (AvgIpc) is 2.79. The Balaban J connectivity index is 1.77. The van der Waals surface area contributed by atoms with Gasteiger partial charge >= 0.3 is 0 Å². The Labute approximate surface area is 202 Å². The minimum atomic E-state index is -3.93. The fourth-order valence-corrected chi connectivity index (χ4v) is 4.76. The summed E-state index contributed by atoms with van der Waals surface area (Å²) in [5.74, 6) is -0.113. The van der Waals surface area contributed by atoms with Crippen LogP contribution in [0.1, 0.15) is 30.9 Å². The van der Waals surface area contributed by atoms with E-state index in [0.29, 0.717) is 11.6 Å². The van der Waals surface area contributed by atoms with Crippen molar-refractivity contribution in [1.29, 1.82) is 0 Å². The summed E-state index contributed by atoms with van der Waals surface area (Å²) in [5, 5.41) is 3.98. The second kappa shape index (κ2) is 10.7. The number of rotatable bonds is 8. The van der Waals surface area contributed by atoms with Crippen molar-refractivity contribution in [2.24, 2.45) is 5.10 Å². The molecule has 0 unspecified atom stereocenters. The summed E-state index contributed by atoms with van der Waals surface area (Å²) in [6.45, 7) is 3.83.